The Morgan fingerprint density at radius 2 is 1.22 bits per heavy atom. The molecule has 0 aliphatic heterocycles. The van der Waals surface area contributed by atoms with E-state index in [0.29, 0.717) is 5.92 Å². The SMILES string of the molecule is C/C=C/CCc1ccc(C2CCC(C3CCC(C4CCC(CCF)CC4)CC3)CC2)cc1. The second kappa shape index (κ2) is 12.4. The van der Waals surface area contributed by atoms with Crippen molar-refractivity contribution in [2.24, 2.45) is 29.6 Å². The van der Waals surface area contributed by atoms with Crippen LogP contribution in [0, 0.1) is 29.6 Å². The third-order valence-corrected chi connectivity index (χ3v) is 9.62. The molecule has 3 fully saturated rings. The van der Waals surface area contributed by atoms with Crippen molar-refractivity contribution in [2.45, 2.75) is 109 Å². The minimum Gasteiger partial charge on any atom is -0.251 e. The van der Waals surface area contributed by atoms with E-state index in [2.05, 4.69) is 43.3 Å². The monoisotopic (exact) mass is 438 g/mol. The largest absolute Gasteiger partial charge is 0.251 e. The molecule has 0 unspecified atom stereocenters. The first-order valence-corrected chi connectivity index (χ1v) is 14.0. The fraction of sp³-hybridized carbons (Fsp3) is 0.742. The van der Waals surface area contributed by atoms with E-state index in [4.69, 9.17) is 0 Å². The fourth-order valence-corrected chi connectivity index (χ4v) is 7.49. The molecule has 0 atom stereocenters. The van der Waals surface area contributed by atoms with Gasteiger partial charge in [0.2, 0.25) is 0 Å². The lowest BCUT2D eigenvalue weighted by atomic mass is 9.64. The molecule has 0 bridgehead atoms. The molecule has 32 heavy (non-hydrogen) atoms. The van der Waals surface area contributed by atoms with Crippen molar-refractivity contribution >= 4 is 0 Å². The van der Waals surface area contributed by atoms with Gasteiger partial charge in [0, 0.05) is 0 Å². The molecule has 0 radical (unpaired) electrons. The van der Waals surface area contributed by atoms with Crippen molar-refractivity contribution in [1.29, 1.82) is 0 Å². The third-order valence-electron chi connectivity index (χ3n) is 9.62. The highest BCUT2D eigenvalue weighted by Gasteiger charge is 2.34. The van der Waals surface area contributed by atoms with Gasteiger partial charge in [0.05, 0.1) is 6.67 Å². The van der Waals surface area contributed by atoms with Crippen molar-refractivity contribution < 1.29 is 4.39 Å². The predicted molar refractivity (Wildman–Crippen MR) is 136 cm³/mol. The van der Waals surface area contributed by atoms with Crippen molar-refractivity contribution in [2.75, 3.05) is 6.67 Å². The Labute approximate surface area is 197 Å². The van der Waals surface area contributed by atoms with E-state index >= 15 is 0 Å². The molecule has 178 valence electrons. The Balaban J connectivity index is 1.17. The third kappa shape index (κ3) is 6.48. The van der Waals surface area contributed by atoms with Gasteiger partial charge in [0.25, 0.3) is 0 Å². The highest BCUT2D eigenvalue weighted by atomic mass is 19.1. The van der Waals surface area contributed by atoms with E-state index in [1.54, 1.807) is 5.56 Å². The summed E-state index contributed by atoms with van der Waals surface area (Å²) in [4.78, 5) is 0. The van der Waals surface area contributed by atoms with E-state index in [9.17, 15) is 4.39 Å². The molecule has 1 aromatic carbocycles. The Morgan fingerprint density at radius 1 is 0.719 bits per heavy atom. The van der Waals surface area contributed by atoms with Crippen LogP contribution in [0.5, 0.6) is 0 Å². The van der Waals surface area contributed by atoms with E-state index in [0.717, 1.165) is 42.4 Å². The molecule has 3 saturated carbocycles. The summed E-state index contributed by atoms with van der Waals surface area (Å²) in [7, 11) is 0. The topological polar surface area (TPSA) is 0 Å². The van der Waals surface area contributed by atoms with Crippen LogP contribution < -0.4 is 0 Å². The van der Waals surface area contributed by atoms with Crippen LogP contribution >= 0.6 is 0 Å². The summed E-state index contributed by atoms with van der Waals surface area (Å²) in [5.74, 6) is 5.43. The highest BCUT2D eigenvalue weighted by molar-refractivity contribution is 5.26. The normalized spacial score (nSPS) is 34.1. The molecule has 0 nitrogen and oxygen atoms in total. The maximum absolute atomic E-state index is 12.6. The minimum absolute atomic E-state index is 0.106. The van der Waals surface area contributed by atoms with E-state index < -0.39 is 0 Å². The zero-order valence-corrected chi connectivity index (χ0v) is 20.6. The fourth-order valence-electron chi connectivity index (χ4n) is 7.49. The van der Waals surface area contributed by atoms with Crippen LogP contribution in [-0.4, -0.2) is 6.67 Å². The Bertz CT molecular complexity index is 665. The maximum Gasteiger partial charge on any atom is 0.0897 e. The van der Waals surface area contributed by atoms with Crippen molar-refractivity contribution in [1.82, 2.24) is 0 Å². The van der Waals surface area contributed by atoms with E-state index in [1.165, 1.54) is 89.0 Å². The molecule has 0 N–H and O–H groups in total. The standard InChI is InChI=1S/C31H47F/c1-2-3-4-5-24-6-10-26(11-7-24)28-14-18-30(19-15-28)31-20-16-29(17-21-31)27-12-8-25(9-13-27)22-23-32/h2-3,6-7,10-11,25,27-31H,4-5,8-9,12-23H2,1H3/b3-2+. The second-order valence-corrected chi connectivity index (χ2v) is 11.4. The zero-order chi connectivity index (χ0) is 22.2. The van der Waals surface area contributed by atoms with Gasteiger partial charge in [-0.05, 0) is 137 Å². The van der Waals surface area contributed by atoms with Gasteiger partial charge in [-0.3, -0.25) is 4.39 Å². The Hall–Kier alpha value is -1.11. The lowest BCUT2D eigenvalue weighted by Gasteiger charge is -2.41. The summed E-state index contributed by atoms with van der Waals surface area (Å²) < 4.78 is 12.6. The van der Waals surface area contributed by atoms with Gasteiger partial charge < -0.3 is 0 Å². The molecule has 4 rings (SSSR count). The first-order valence-electron chi connectivity index (χ1n) is 14.0. The first-order chi connectivity index (χ1) is 15.8. The molecule has 3 aliphatic rings. The Kier molecular flexibility index (Phi) is 9.30. The smallest absolute Gasteiger partial charge is 0.0897 e. The maximum atomic E-state index is 12.6. The summed E-state index contributed by atoms with van der Waals surface area (Å²) in [6, 6.07) is 9.58. The van der Waals surface area contributed by atoms with Crippen LogP contribution in [0.3, 0.4) is 0 Å². The molecule has 0 saturated heterocycles. The first kappa shape index (κ1) is 24.0. The van der Waals surface area contributed by atoms with Gasteiger partial charge in [-0.15, -0.1) is 0 Å². The second-order valence-electron chi connectivity index (χ2n) is 11.4. The van der Waals surface area contributed by atoms with Crippen LogP contribution in [0.1, 0.15) is 114 Å². The number of aryl methyl sites for hydroxylation is 1. The van der Waals surface area contributed by atoms with Crippen molar-refractivity contribution in [3.8, 4) is 0 Å². The summed E-state index contributed by atoms with van der Waals surface area (Å²) in [5.41, 5.74) is 3.07. The molecular formula is C31H47F. The van der Waals surface area contributed by atoms with Crippen LogP contribution in [0.25, 0.3) is 0 Å². The minimum atomic E-state index is -0.106. The van der Waals surface area contributed by atoms with Crippen molar-refractivity contribution in [3.05, 3.63) is 47.5 Å². The van der Waals surface area contributed by atoms with Crippen LogP contribution in [0.2, 0.25) is 0 Å². The molecule has 1 aromatic rings. The zero-order valence-electron chi connectivity index (χ0n) is 20.6. The molecule has 0 amide bonds. The number of rotatable bonds is 8. The molecule has 3 aliphatic carbocycles. The molecular weight excluding hydrogens is 391 g/mol. The van der Waals surface area contributed by atoms with Gasteiger partial charge >= 0.3 is 0 Å². The average Bonchev–Trinajstić information content (AvgIpc) is 2.86. The number of alkyl halides is 1. The van der Waals surface area contributed by atoms with Gasteiger partial charge in [0.15, 0.2) is 0 Å². The summed E-state index contributed by atoms with van der Waals surface area (Å²) in [5, 5.41) is 0. The van der Waals surface area contributed by atoms with Gasteiger partial charge in [-0.1, -0.05) is 49.3 Å². The summed E-state index contributed by atoms with van der Waals surface area (Å²) in [6.07, 6.45) is 24.6. The van der Waals surface area contributed by atoms with Gasteiger partial charge in [0.1, 0.15) is 0 Å². The number of halogens is 1. The summed E-state index contributed by atoms with van der Waals surface area (Å²) >= 11 is 0. The quantitative estimate of drug-likeness (QED) is 0.354. The van der Waals surface area contributed by atoms with Crippen LogP contribution in [-0.2, 0) is 6.42 Å². The number of benzene rings is 1. The molecule has 1 heteroatoms. The Morgan fingerprint density at radius 3 is 1.72 bits per heavy atom. The van der Waals surface area contributed by atoms with Gasteiger partial charge in [-0.25, -0.2) is 0 Å². The lowest BCUT2D eigenvalue weighted by molar-refractivity contribution is 0.108. The average molecular weight is 439 g/mol. The summed E-state index contributed by atoms with van der Waals surface area (Å²) in [6.45, 7) is 2.00. The predicted octanol–water partition coefficient (Wildman–Crippen LogP) is 9.44. The molecule has 0 aromatic heterocycles. The lowest BCUT2D eigenvalue weighted by Crippen LogP contribution is -2.29. The number of allylic oxidation sites excluding steroid dienone is 2. The van der Waals surface area contributed by atoms with E-state index in [1.807, 2.05) is 0 Å². The van der Waals surface area contributed by atoms with Gasteiger partial charge in [-0.2, -0.15) is 0 Å². The molecule has 0 heterocycles. The van der Waals surface area contributed by atoms with Crippen molar-refractivity contribution in [3.63, 3.8) is 0 Å². The van der Waals surface area contributed by atoms with E-state index in [-0.39, 0.29) is 6.67 Å². The molecule has 0 spiro atoms. The van der Waals surface area contributed by atoms with Crippen LogP contribution in [0.4, 0.5) is 4.39 Å². The van der Waals surface area contributed by atoms with Crippen LogP contribution in [0.15, 0.2) is 36.4 Å². The highest BCUT2D eigenvalue weighted by Crippen LogP contribution is 2.47. The number of hydrogen-bond acceptors (Lipinski definition) is 0. The number of hydrogen-bond donors (Lipinski definition) is 0.